The second-order valence-corrected chi connectivity index (χ2v) is 8.92. The van der Waals surface area contributed by atoms with Crippen LogP contribution in [0.1, 0.15) is 18.0 Å². The number of carbonyl (C=O) groups excluding carboxylic acids is 1. The van der Waals surface area contributed by atoms with E-state index in [1.54, 1.807) is 18.3 Å². The molecule has 2 atom stereocenters. The summed E-state index contributed by atoms with van der Waals surface area (Å²) >= 11 is 0. The van der Waals surface area contributed by atoms with Crippen molar-refractivity contribution in [2.24, 2.45) is 0 Å². The number of amides is 1. The molecule has 1 aromatic carbocycles. The maximum absolute atomic E-state index is 12.8. The van der Waals surface area contributed by atoms with Gasteiger partial charge in [0, 0.05) is 51.0 Å². The molecule has 0 aliphatic carbocycles. The van der Waals surface area contributed by atoms with Gasteiger partial charge in [0.25, 0.3) is 0 Å². The predicted molar refractivity (Wildman–Crippen MR) is 103 cm³/mol. The average molecular weight is 401 g/mol. The molecule has 4 rings (SSSR count). The zero-order valence-corrected chi connectivity index (χ0v) is 16.2. The fourth-order valence-corrected chi connectivity index (χ4v) is 5.23. The minimum Gasteiger partial charge on any atom is -0.295 e. The topological polar surface area (TPSA) is 94.6 Å². The van der Waals surface area contributed by atoms with Gasteiger partial charge < -0.3 is 0 Å². The summed E-state index contributed by atoms with van der Waals surface area (Å²) in [6.45, 7) is 1.92. The molecule has 2 saturated heterocycles. The van der Waals surface area contributed by atoms with Crippen molar-refractivity contribution in [2.45, 2.75) is 23.4 Å². The molecule has 2 aliphatic rings. The number of benzene rings is 1. The molecule has 0 saturated carbocycles. The Kier molecular flexibility index (Phi) is 5.40. The van der Waals surface area contributed by atoms with Crippen molar-refractivity contribution in [2.75, 3.05) is 26.2 Å². The van der Waals surface area contributed by atoms with Crippen molar-refractivity contribution < 1.29 is 13.2 Å². The zero-order chi connectivity index (χ0) is 19.6. The highest BCUT2D eigenvalue weighted by atomic mass is 32.2. The molecule has 28 heavy (non-hydrogen) atoms. The van der Waals surface area contributed by atoms with Crippen molar-refractivity contribution in [3.8, 4) is 0 Å². The number of nitrogens with one attached hydrogen (secondary N) is 2. The van der Waals surface area contributed by atoms with Gasteiger partial charge in [-0.2, -0.15) is 4.31 Å². The summed E-state index contributed by atoms with van der Waals surface area (Å²) < 4.78 is 27.1. The number of hydrazine groups is 1. The third-order valence-electron chi connectivity index (χ3n) is 5.32. The molecule has 0 bridgehead atoms. The standard InChI is InChI=1S/C19H23N5O3S/c25-18-13-17(19(22-21-18)15-5-2-1-3-6-15)23-9-11-24(12-10-23)28(26,27)16-7-4-8-20-14-16/h1-8,14,17,19,22H,9-13H2,(H,21,25). The largest absolute Gasteiger partial charge is 0.295 e. The van der Waals surface area contributed by atoms with Gasteiger partial charge in [0.15, 0.2) is 0 Å². The molecule has 2 aromatic rings. The number of hydrogen-bond acceptors (Lipinski definition) is 6. The van der Waals surface area contributed by atoms with Crippen molar-refractivity contribution in [3.05, 3.63) is 60.4 Å². The van der Waals surface area contributed by atoms with E-state index < -0.39 is 10.0 Å². The Hall–Kier alpha value is -2.33. The molecule has 2 N–H and O–H groups in total. The van der Waals surface area contributed by atoms with Gasteiger partial charge in [-0.25, -0.2) is 13.8 Å². The van der Waals surface area contributed by atoms with E-state index in [1.165, 1.54) is 10.5 Å². The lowest BCUT2D eigenvalue weighted by Crippen LogP contribution is -2.60. The van der Waals surface area contributed by atoms with E-state index >= 15 is 0 Å². The van der Waals surface area contributed by atoms with Crippen LogP contribution in [0.15, 0.2) is 59.8 Å². The van der Waals surface area contributed by atoms with Gasteiger partial charge in [-0.3, -0.25) is 20.1 Å². The summed E-state index contributed by atoms with van der Waals surface area (Å²) in [4.78, 5) is 18.3. The highest BCUT2D eigenvalue weighted by molar-refractivity contribution is 7.89. The summed E-state index contributed by atoms with van der Waals surface area (Å²) in [5, 5.41) is 0. The van der Waals surface area contributed by atoms with Gasteiger partial charge in [0.1, 0.15) is 4.90 Å². The minimum absolute atomic E-state index is 0.0283. The van der Waals surface area contributed by atoms with E-state index in [-0.39, 0.29) is 22.9 Å². The number of rotatable bonds is 4. The van der Waals surface area contributed by atoms with Crippen molar-refractivity contribution in [3.63, 3.8) is 0 Å². The van der Waals surface area contributed by atoms with Crippen LogP contribution in [0.2, 0.25) is 0 Å². The van der Waals surface area contributed by atoms with Crippen LogP contribution in [-0.4, -0.2) is 60.7 Å². The lowest BCUT2D eigenvalue weighted by Gasteiger charge is -2.43. The number of sulfonamides is 1. The molecule has 0 radical (unpaired) electrons. The number of hydrogen-bond donors (Lipinski definition) is 2. The number of aromatic nitrogens is 1. The van der Waals surface area contributed by atoms with Crippen molar-refractivity contribution >= 4 is 15.9 Å². The fourth-order valence-electron chi connectivity index (χ4n) is 3.84. The first-order valence-corrected chi connectivity index (χ1v) is 10.7. The molecule has 148 valence electrons. The first kappa shape index (κ1) is 19.0. The summed E-state index contributed by atoms with van der Waals surface area (Å²) in [5.41, 5.74) is 6.94. The normalized spacial score (nSPS) is 24.6. The lowest BCUT2D eigenvalue weighted by molar-refractivity contribution is -0.127. The quantitative estimate of drug-likeness (QED) is 0.776. The first-order chi connectivity index (χ1) is 13.6. The molecular weight excluding hydrogens is 378 g/mol. The third kappa shape index (κ3) is 3.79. The zero-order valence-electron chi connectivity index (χ0n) is 15.4. The molecule has 0 spiro atoms. The second-order valence-electron chi connectivity index (χ2n) is 6.98. The van der Waals surface area contributed by atoms with Gasteiger partial charge in [0.2, 0.25) is 15.9 Å². The van der Waals surface area contributed by atoms with E-state index in [2.05, 4.69) is 20.7 Å². The van der Waals surface area contributed by atoms with Gasteiger partial charge >= 0.3 is 0 Å². The van der Waals surface area contributed by atoms with Crippen LogP contribution in [0.25, 0.3) is 0 Å². The monoisotopic (exact) mass is 401 g/mol. The Bertz CT molecular complexity index is 915. The predicted octanol–water partition coefficient (Wildman–Crippen LogP) is 0.522. The highest BCUT2D eigenvalue weighted by Gasteiger charge is 2.37. The van der Waals surface area contributed by atoms with Crippen LogP contribution in [0.3, 0.4) is 0 Å². The van der Waals surface area contributed by atoms with Crippen LogP contribution in [0.5, 0.6) is 0 Å². The van der Waals surface area contributed by atoms with E-state index in [0.717, 1.165) is 5.56 Å². The van der Waals surface area contributed by atoms with E-state index in [0.29, 0.717) is 32.6 Å². The number of pyridine rings is 1. The molecule has 9 heteroatoms. The lowest BCUT2D eigenvalue weighted by atomic mass is 9.94. The van der Waals surface area contributed by atoms with Crippen LogP contribution in [0.4, 0.5) is 0 Å². The first-order valence-electron chi connectivity index (χ1n) is 9.29. The third-order valence-corrected chi connectivity index (χ3v) is 7.20. The maximum Gasteiger partial charge on any atom is 0.244 e. The van der Waals surface area contributed by atoms with Gasteiger partial charge in [-0.15, -0.1) is 0 Å². The highest BCUT2D eigenvalue weighted by Crippen LogP contribution is 2.27. The van der Waals surface area contributed by atoms with Crippen molar-refractivity contribution in [1.29, 1.82) is 0 Å². The fraction of sp³-hybridized carbons (Fsp3) is 0.368. The molecule has 2 fully saturated rings. The minimum atomic E-state index is -3.54. The van der Waals surface area contributed by atoms with Gasteiger partial charge in [0.05, 0.1) is 6.04 Å². The molecule has 1 aromatic heterocycles. The summed E-state index contributed by atoms with van der Waals surface area (Å²) in [5.74, 6) is -0.0532. The van der Waals surface area contributed by atoms with Crippen molar-refractivity contribution in [1.82, 2.24) is 25.0 Å². The molecule has 2 unspecified atom stereocenters. The number of nitrogens with zero attached hydrogens (tertiary/aromatic N) is 3. The Morgan fingerprint density at radius 2 is 1.75 bits per heavy atom. The second kappa shape index (κ2) is 7.96. The Morgan fingerprint density at radius 1 is 1.00 bits per heavy atom. The van der Waals surface area contributed by atoms with E-state index in [1.807, 2.05) is 30.3 Å². The van der Waals surface area contributed by atoms with Gasteiger partial charge in [-0.1, -0.05) is 30.3 Å². The van der Waals surface area contributed by atoms with E-state index in [4.69, 9.17) is 0 Å². The Balaban J connectivity index is 1.48. The van der Waals surface area contributed by atoms with Crippen LogP contribution < -0.4 is 10.9 Å². The van der Waals surface area contributed by atoms with Crippen LogP contribution in [0, 0.1) is 0 Å². The Labute approximate surface area is 164 Å². The van der Waals surface area contributed by atoms with Gasteiger partial charge in [-0.05, 0) is 17.7 Å². The van der Waals surface area contributed by atoms with E-state index in [9.17, 15) is 13.2 Å². The molecule has 2 aliphatic heterocycles. The number of carbonyl (C=O) groups is 1. The van der Waals surface area contributed by atoms with Crippen LogP contribution >= 0.6 is 0 Å². The molecule has 1 amide bonds. The number of piperazine rings is 1. The SMILES string of the molecule is O=C1CC(N2CCN(S(=O)(=O)c3cccnc3)CC2)C(c2ccccc2)NN1. The molecule has 3 heterocycles. The smallest absolute Gasteiger partial charge is 0.244 e. The summed E-state index contributed by atoms with van der Waals surface area (Å²) in [6.07, 6.45) is 3.31. The summed E-state index contributed by atoms with van der Waals surface area (Å²) in [7, 11) is -3.54. The molecular formula is C19H23N5O3S. The Morgan fingerprint density at radius 3 is 2.43 bits per heavy atom. The van der Waals surface area contributed by atoms with Crippen LogP contribution in [-0.2, 0) is 14.8 Å². The molecule has 8 nitrogen and oxygen atoms in total. The maximum atomic E-state index is 12.8. The average Bonchev–Trinajstić information content (AvgIpc) is 2.75. The summed E-state index contributed by atoms with van der Waals surface area (Å²) in [6, 6.07) is 13.1.